The highest BCUT2D eigenvalue weighted by atomic mass is 32.2. The number of aliphatic hydroxyl groups excluding tert-OH is 1. The fourth-order valence-corrected chi connectivity index (χ4v) is 5.24. The van der Waals surface area contributed by atoms with Crippen molar-refractivity contribution in [3.63, 3.8) is 0 Å². The first-order valence-electron chi connectivity index (χ1n) is 7.34. The molecule has 6 heteroatoms. The fourth-order valence-electron chi connectivity index (χ4n) is 3.55. The third kappa shape index (κ3) is 2.56. The Kier molecular flexibility index (Phi) is 3.94. The molecule has 2 unspecified atom stereocenters. The van der Waals surface area contributed by atoms with Crippen LogP contribution in [0.2, 0.25) is 0 Å². The van der Waals surface area contributed by atoms with Crippen LogP contribution in [0.1, 0.15) is 24.8 Å². The van der Waals surface area contributed by atoms with Gasteiger partial charge in [0.05, 0.1) is 13.7 Å². The van der Waals surface area contributed by atoms with E-state index in [-0.39, 0.29) is 11.5 Å². The van der Waals surface area contributed by atoms with Crippen LogP contribution >= 0.6 is 0 Å². The lowest BCUT2D eigenvalue weighted by atomic mass is 10.0. The number of methoxy groups -OCH3 is 1. The molecule has 2 aliphatic rings. The number of sulfonamides is 1. The van der Waals surface area contributed by atoms with Gasteiger partial charge >= 0.3 is 0 Å². The molecule has 1 saturated carbocycles. The molecular weight excluding hydrogens is 290 g/mol. The lowest BCUT2D eigenvalue weighted by molar-refractivity contribution is 0.280. The van der Waals surface area contributed by atoms with E-state index in [4.69, 9.17) is 9.84 Å². The molecule has 2 fully saturated rings. The molecular formula is C15H21NO4S. The molecule has 0 radical (unpaired) electrons. The van der Waals surface area contributed by atoms with Crippen LogP contribution in [0.3, 0.4) is 0 Å². The van der Waals surface area contributed by atoms with E-state index in [1.165, 1.54) is 19.6 Å². The van der Waals surface area contributed by atoms with Gasteiger partial charge in [0.1, 0.15) is 10.6 Å². The van der Waals surface area contributed by atoms with Gasteiger partial charge in [-0.1, -0.05) is 12.5 Å². The van der Waals surface area contributed by atoms with Crippen molar-refractivity contribution in [3.05, 3.63) is 23.8 Å². The summed E-state index contributed by atoms with van der Waals surface area (Å²) in [5.41, 5.74) is 0.643. The highest BCUT2D eigenvalue weighted by molar-refractivity contribution is 7.89. The molecule has 5 nitrogen and oxygen atoms in total. The van der Waals surface area contributed by atoms with Crippen LogP contribution < -0.4 is 4.74 Å². The van der Waals surface area contributed by atoms with Gasteiger partial charge in [0.2, 0.25) is 10.0 Å². The zero-order valence-electron chi connectivity index (χ0n) is 12.2. The molecule has 1 aliphatic carbocycles. The Hall–Kier alpha value is -1.11. The molecule has 0 aromatic heterocycles. The average Bonchev–Trinajstić information content (AvgIpc) is 3.08. The normalized spacial score (nSPS) is 26.0. The van der Waals surface area contributed by atoms with Crippen LogP contribution in [0.5, 0.6) is 5.75 Å². The van der Waals surface area contributed by atoms with Gasteiger partial charge in [-0.2, -0.15) is 4.31 Å². The minimum Gasteiger partial charge on any atom is -0.495 e. The largest absolute Gasteiger partial charge is 0.495 e. The Balaban J connectivity index is 1.92. The molecule has 1 N–H and O–H groups in total. The van der Waals surface area contributed by atoms with Crippen molar-refractivity contribution >= 4 is 10.0 Å². The van der Waals surface area contributed by atoms with Gasteiger partial charge < -0.3 is 9.84 Å². The molecule has 21 heavy (non-hydrogen) atoms. The Morgan fingerprint density at radius 3 is 2.52 bits per heavy atom. The van der Waals surface area contributed by atoms with Crippen molar-refractivity contribution in [1.29, 1.82) is 0 Å². The van der Waals surface area contributed by atoms with Gasteiger partial charge in [-0.3, -0.25) is 0 Å². The van der Waals surface area contributed by atoms with Crippen LogP contribution in [0, 0.1) is 11.8 Å². The van der Waals surface area contributed by atoms with Gasteiger partial charge in [-0.15, -0.1) is 0 Å². The summed E-state index contributed by atoms with van der Waals surface area (Å²) in [5, 5.41) is 9.16. The van der Waals surface area contributed by atoms with E-state index in [9.17, 15) is 8.42 Å². The van der Waals surface area contributed by atoms with E-state index in [1.807, 2.05) is 0 Å². The third-order valence-electron chi connectivity index (χ3n) is 4.72. The molecule has 1 heterocycles. The van der Waals surface area contributed by atoms with E-state index in [0.29, 0.717) is 36.2 Å². The Morgan fingerprint density at radius 2 is 1.95 bits per heavy atom. The highest BCUT2D eigenvalue weighted by Crippen LogP contribution is 2.40. The molecule has 0 bridgehead atoms. The second-order valence-electron chi connectivity index (χ2n) is 5.92. The predicted octanol–water partition coefficient (Wildman–Crippen LogP) is 1.61. The van der Waals surface area contributed by atoms with Gasteiger partial charge in [0, 0.05) is 13.1 Å². The van der Waals surface area contributed by atoms with E-state index in [1.54, 1.807) is 16.4 Å². The van der Waals surface area contributed by atoms with E-state index in [2.05, 4.69) is 0 Å². The topological polar surface area (TPSA) is 66.8 Å². The van der Waals surface area contributed by atoms with Crippen molar-refractivity contribution < 1.29 is 18.3 Å². The second-order valence-corrected chi connectivity index (χ2v) is 7.82. The fraction of sp³-hybridized carbons (Fsp3) is 0.600. The summed E-state index contributed by atoms with van der Waals surface area (Å²) >= 11 is 0. The molecule has 3 rings (SSSR count). The van der Waals surface area contributed by atoms with Crippen LogP contribution in [0.15, 0.2) is 23.1 Å². The third-order valence-corrected chi connectivity index (χ3v) is 6.59. The summed E-state index contributed by atoms with van der Waals surface area (Å²) in [6.45, 7) is 1.11. The summed E-state index contributed by atoms with van der Waals surface area (Å²) in [6.07, 6.45) is 3.49. The molecule has 1 aliphatic heterocycles. The first-order valence-corrected chi connectivity index (χ1v) is 8.78. The molecule has 116 valence electrons. The molecule has 1 aromatic rings. The van der Waals surface area contributed by atoms with Gasteiger partial charge in [-0.05, 0) is 42.4 Å². The smallest absolute Gasteiger partial charge is 0.246 e. The summed E-state index contributed by atoms with van der Waals surface area (Å²) in [6, 6.07) is 4.75. The number of aliphatic hydroxyl groups is 1. The van der Waals surface area contributed by atoms with E-state index in [0.717, 1.165) is 12.8 Å². The zero-order valence-corrected chi connectivity index (χ0v) is 13.0. The minimum atomic E-state index is -3.52. The number of benzene rings is 1. The van der Waals surface area contributed by atoms with E-state index < -0.39 is 10.0 Å². The maximum absolute atomic E-state index is 12.8. The first-order chi connectivity index (χ1) is 10.1. The quantitative estimate of drug-likeness (QED) is 0.917. The highest BCUT2D eigenvalue weighted by Gasteiger charge is 2.42. The average molecular weight is 311 g/mol. The number of rotatable bonds is 4. The molecule has 1 saturated heterocycles. The second kappa shape index (κ2) is 5.59. The van der Waals surface area contributed by atoms with Crippen molar-refractivity contribution in [2.75, 3.05) is 20.2 Å². The van der Waals surface area contributed by atoms with Crippen molar-refractivity contribution in [3.8, 4) is 5.75 Å². The summed E-state index contributed by atoms with van der Waals surface area (Å²) in [7, 11) is -2.07. The Labute approximate surface area is 125 Å². The zero-order chi connectivity index (χ0) is 15.0. The number of ether oxygens (including phenoxy) is 1. The molecule has 0 spiro atoms. The number of hydrogen-bond donors (Lipinski definition) is 1. The minimum absolute atomic E-state index is 0.134. The molecule has 2 atom stereocenters. The Morgan fingerprint density at radius 1 is 1.29 bits per heavy atom. The SMILES string of the molecule is COc1cc(CO)ccc1S(=O)(=O)N1CC2CCCC2C1. The maximum Gasteiger partial charge on any atom is 0.246 e. The summed E-state index contributed by atoms with van der Waals surface area (Å²) in [5.74, 6) is 1.34. The first kappa shape index (κ1) is 14.8. The van der Waals surface area contributed by atoms with Crippen LogP contribution in [-0.4, -0.2) is 38.0 Å². The lowest BCUT2D eigenvalue weighted by Crippen LogP contribution is -2.30. The number of fused-ring (bicyclic) bond motifs is 1. The van der Waals surface area contributed by atoms with Crippen molar-refractivity contribution in [2.45, 2.75) is 30.8 Å². The van der Waals surface area contributed by atoms with Gasteiger partial charge in [0.25, 0.3) is 0 Å². The lowest BCUT2D eigenvalue weighted by Gasteiger charge is -2.19. The van der Waals surface area contributed by atoms with E-state index >= 15 is 0 Å². The summed E-state index contributed by atoms with van der Waals surface area (Å²) < 4.78 is 32.5. The monoisotopic (exact) mass is 311 g/mol. The van der Waals surface area contributed by atoms with Crippen LogP contribution in [-0.2, 0) is 16.6 Å². The Bertz CT molecular complexity index is 617. The standard InChI is InChI=1S/C15H21NO4S/c1-20-14-7-11(10-17)5-6-15(14)21(18,19)16-8-12-3-2-4-13(12)9-16/h5-7,12-13,17H,2-4,8-10H2,1H3. The molecule has 0 amide bonds. The van der Waals surface area contributed by atoms with Crippen molar-refractivity contribution in [2.24, 2.45) is 11.8 Å². The number of hydrogen-bond acceptors (Lipinski definition) is 4. The van der Waals surface area contributed by atoms with Crippen LogP contribution in [0.4, 0.5) is 0 Å². The summed E-state index contributed by atoms with van der Waals surface area (Å²) in [4.78, 5) is 0.196. The number of nitrogens with zero attached hydrogens (tertiary/aromatic N) is 1. The van der Waals surface area contributed by atoms with Crippen LogP contribution in [0.25, 0.3) is 0 Å². The van der Waals surface area contributed by atoms with Gasteiger partial charge in [-0.25, -0.2) is 8.42 Å². The predicted molar refractivity (Wildman–Crippen MR) is 78.5 cm³/mol. The maximum atomic E-state index is 12.8. The van der Waals surface area contributed by atoms with Gasteiger partial charge in [0.15, 0.2) is 0 Å². The molecule has 1 aromatic carbocycles. The van der Waals surface area contributed by atoms with Crippen molar-refractivity contribution in [1.82, 2.24) is 4.31 Å².